The molecule has 0 aliphatic rings. The highest BCUT2D eigenvalue weighted by Crippen LogP contribution is 2.14. The number of fused-ring (bicyclic) bond motifs is 1. The summed E-state index contributed by atoms with van der Waals surface area (Å²) in [6, 6.07) is 9.63. The van der Waals surface area contributed by atoms with Crippen LogP contribution in [0.25, 0.3) is 10.9 Å². The fourth-order valence-corrected chi connectivity index (χ4v) is 1.83. The van der Waals surface area contributed by atoms with Crippen molar-refractivity contribution in [2.75, 3.05) is 20.6 Å². The van der Waals surface area contributed by atoms with Gasteiger partial charge >= 0.3 is 0 Å². The van der Waals surface area contributed by atoms with Crippen LogP contribution in [0.1, 0.15) is 5.56 Å². The third-order valence-corrected chi connectivity index (χ3v) is 2.66. The van der Waals surface area contributed by atoms with E-state index in [1.165, 1.54) is 0 Å². The van der Waals surface area contributed by atoms with E-state index in [0.29, 0.717) is 0 Å². The summed E-state index contributed by atoms with van der Waals surface area (Å²) in [6.07, 6.45) is 0.900. The number of pyridine rings is 1. The van der Waals surface area contributed by atoms with E-state index >= 15 is 0 Å². The molecular formula is C13H16N2O. The Morgan fingerprint density at radius 2 is 2.00 bits per heavy atom. The van der Waals surface area contributed by atoms with Gasteiger partial charge in [0, 0.05) is 23.5 Å². The van der Waals surface area contributed by atoms with Crippen LogP contribution in [0.2, 0.25) is 0 Å². The molecule has 0 saturated carbocycles. The van der Waals surface area contributed by atoms with E-state index < -0.39 is 0 Å². The Morgan fingerprint density at radius 1 is 1.25 bits per heavy atom. The molecule has 0 amide bonds. The summed E-state index contributed by atoms with van der Waals surface area (Å²) < 4.78 is 0. The number of nitrogens with one attached hydrogen (secondary N) is 1. The molecule has 1 heterocycles. The van der Waals surface area contributed by atoms with E-state index in [4.69, 9.17) is 0 Å². The average Bonchev–Trinajstić information content (AvgIpc) is 2.25. The summed E-state index contributed by atoms with van der Waals surface area (Å²) in [5, 5.41) is 1.14. The Kier molecular flexibility index (Phi) is 3.06. The molecule has 0 radical (unpaired) electrons. The van der Waals surface area contributed by atoms with E-state index in [-0.39, 0.29) is 5.56 Å². The normalized spacial score (nSPS) is 11.2. The van der Waals surface area contributed by atoms with Crippen LogP contribution in [-0.4, -0.2) is 30.5 Å². The monoisotopic (exact) mass is 216 g/mol. The van der Waals surface area contributed by atoms with Crippen molar-refractivity contribution in [2.24, 2.45) is 0 Å². The van der Waals surface area contributed by atoms with Gasteiger partial charge in [0.2, 0.25) is 5.56 Å². The molecule has 2 aromatic rings. The highest BCUT2D eigenvalue weighted by Gasteiger charge is 2.03. The molecule has 16 heavy (non-hydrogen) atoms. The molecule has 0 spiro atoms. The van der Waals surface area contributed by atoms with E-state index in [1.807, 2.05) is 32.3 Å². The Morgan fingerprint density at radius 3 is 2.75 bits per heavy atom. The summed E-state index contributed by atoms with van der Waals surface area (Å²) in [5.41, 5.74) is 2.02. The van der Waals surface area contributed by atoms with Gasteiger partial charge in [-0.3, -0.25) is 4.79 Å². The Balaban J connectivity index is 2.46. The van der Waals surface area contributed by atoms with Gasteiger partial charge in [0.15, 0.2) is 0 Å². The number of hydrogen-bond donors (Lipinski definition) is 1. The predicted octanol–water partition coefficient (Wildman–Crippen LogP) is 1.63. The van der Waals surface area contributed by atoms with Gasteiger partial charge in [-0.1, -0.05) is 18.2 Å². The standard InChI is InChI=1S/C13H16N2O/c1-15(2)8-7-10-9-13(16)14-12-6-4-3-5-11(10)12/h3-6,9H,7-8H2,1-2H3,(H,14,16). The molecule has 0 fully saturated rings. The molecule has 0 saturated heterocycles. The van der Waals surface area contributed by atoms with Gasteiger partial charge in [-0.05, 0) is 32.1 Å². The first kappa shape index (κ1) is 10.9. The van der Waals surface area contributed by atoms with Crippen molar-refractivity contribution in [1.82, 2.24) is 9.88 Å². The molecule has 0 atom stereocenters. The first-order valence-corrected chi connectivity index (χ1v) is 5.42. The lowest BCUT2D eigenvalue weighted by Gasteiger charge is -2.10. The molecule has 0 unspecified atom stereocenters. The molecule has 3 heteroatoms. The van der Waals surface area contributed by atoms with Gasteiger partial charge in [-0.15, -0.1) is 0 Å². The lowest BCUT2D eigenvalue weighted by atomic mass is 10.1. The number of nitrogens with zero attached hydrogens (tertiary/aromatic N) is 1. The maximum atomic E-state index is 11.5. The zero-order chi connectivity index (χ0) is 11.5. The van der Waals surface area contributed by atoms with Crippen molar-refractivity contribution in [1.29, 1.82) is 0 Å². The average molecular weight is 216 g/mol. The number of aromatic amines is 1. The minimum atomic E-state index is -0.0209. The van der Waals surface area contributed by atoms with Crippen molar-refractivity contribution in [3.05, 3.63) is 46.2 Å². The number of benzene rings is 1. The molecule has 0 aliphatic carbocycles. The molecule has 0 aliphatic heterocycles. The lowest BCUT2D eigenvalue weighted by molar-refractivity contribution is 0.414. The van der Waals surface area contributed by atoms with Gasteiger partial charge in [0.05, 0.1) is 0 Å². The van der Waals surface area contributed by atoms with Crippen LogP contribution in [0.5, 0.6) is 0 Å². The highest BCUT2D eigenvalue weighted by atomic mass is 16.1. The topological polar surface area (TPSA) is 36.1 Å². The molecule has 1 aromatic carbocycles. The number of likely N-dealkylation sites (N-methyl/N-ethyl adjacent to an activating group) is 1. The van der Waals surface area contributed by atoms with Crippen molar-refractivity contribution in [3.8, 4) is 0 Å². The third-order valence-electron chi connectivity index (χ3n) is 2.66. The second-order valence-corrected chi connectivity index (χ2v) is 4.26. The summed E-state index contributed by atoms with van der Waals surface area (Å²) in [5.74, 6) is 0. The van der Waals surface area contributed by atoms with Gasteiger partial charge in [0.25, 0.3) is 0 Å². The lowest BCUT2D eigenvalue weighted by Crippen LogP contribution is -2.16. The van der Waals surface area contributed by atoms with Crippen LogP contribution in [0, 0.1) is 0 Å². The number of hydrogen-bond acceptors (Lipinski definition) is 2. The van der Waals surface area contributed by atoms with Gasteiger partial charge < -0.3 is 9.88 Å². The Labute approximate surface area is 94.7 Å². The first-order chi connectivity index (χ1) is 7.66. The van der Waals surface area contributed by atoms with Gasteiger partial charge in [0.1, 0.15) is 0 Å². The fourth-order valence-electron chi connectivity index (χ4n) is 1.83. The summed E-state index contributed by atoms with van der Waals surface area (Å²) in [7, 11) is 4.07. The number of para-hydroxylation sites is 1. The number of aromatic nitrogens is 1. The highest BCUT2D eigenvalue weighted by molar-refractivity contribution is 5.81. The van der Waals surface area contributed by atoms with Crippen LogP contribution in [0.3, 0.4) is 0 Å². The minimum Gasteiger partial charge on any atom is -0.322 e. The third kappa shape index (κ3) is 2.31. The van der Waals surface area contributed by atoms with Crippen molar-refractivity contribution >= 4 is 10.9 Å². The zero-order valence-electron chi connectivity index (χ0n) is 9.66. The number of rotatable bonds is 3. The van der Waals surface area contributed by atoms with Gasteiger partial charge in [-0.25, -0.2) is 0 Å². The van der Waals surface area contributed by atoms with Crippen molar-refractivity contribution < 1.29 is 0 Å². The predicted molar refractivity (Wildman–Crippen MR) is 66.8 cm³/mol. The first-order valence-electron chi connectivity index (χ1n) is 5.42. The van der Waals surface area contributed by atoms with Crippen molar-refractivity contribution in [2.45, 2.75) is 6.42 Å². The van der Waals surface area contributed by atoms with Crippen LogP contribution in [0.15, 0.2) is 35.1 Å². The minimum absolute atomic E-state index is 0.0209. The van der Waals surface area contributed by atoms with E-state index in [9.17, 15) is 4.79 Å². The SMILES string of the molecule is CN(C)CCc1cc(=O)[nH]c2ccccc12. The summed E-state index contributed by atoms with van der Waals surface area (Å²) >= 11 is 0. The smallest absolute Gasteiger partial charge is 0.248 e. The Hall–Kier alpha value is -1.61. The van der Waals surface area contributed by atoms with Crippen LogP contribution >= 0.6 is 0 Å². The zero-order valence-corrected chi connectivity index (χ0v) is 9.66. The summed E-state index contributed by atoms with van der Waals surface area (Å²) in [4.78, 5) is 16.4. The molecule has 2 rings (SSSR count). The second-order valence-electron chi connectivity index (χ2n) is 4.26. The van der Waals surface area contributed by atoms with Crippen LogP contribution < -0.4 is 5.56 Å². The van der Waals surface area contributed by atoms with E-state index in [1.54, 1.807) is 6.07 Å². The molecule has 1 aromatic heterocycles. The van der Waals surface area contributed by atoms with Gasteiger partial charge in [-0.2, -0.15) is 0 Å². The van der Waals surface area contributed by atoms with Crippen molar-refractivity contribution in [3.63, 3.8) is 0 Å². The van der Waals surface area contributed by atoms with Crippen LogP contribution in [0.4, 0.5) is 0 Å². The quantitative estimate of drug-likeness (QED) is 0.846. The maximum Gasteiger partial charge on any atom is 0.248 e. The molecule has 1 N–H and O–H groups in total. The van der Waals surface area contributed by atoms with E-state index in [2.05, 4.69) is 16.0 Å². The molecule has 0 bridgehead atoms. The fraction of sp³-hybridized carbons (Fsp3) is 0.308. The molecule has 3 nitrogen and oxygen atoms in total. The second kappa shape index (κ2) is 4.49. The number of H-pyrrole nitrogens is 1. The van der Waals surface area contributed by atoms with Crippen LogP contribution in [-0.2, 0) is 6.42 Å². The Bertz CT molecular complexity index is 543. The molecule has 84 valence electrons. The molecular weight excluding hydrogens is 200 g/mol. The summed E-state index contributed by atoms with van der Waals surface area (Å²) in [6.45, 7) is 0.952. The van der Waals surface area contributed by atoms with E-state index in [0.717, 1.165) is 29.4 Å². The largest absolute Gasteiger partial charge is 0.322 e. The maximum absolute atomic E-state index is 11.5.